The number of hydrogen-bond donors (Lipinski definition) is 1. The molecule has 0 aliphatic carbocycles. The fourth-order valence-electron chi connectivity index (χ4n) is 3.67. The van der Waals surface area contributed by atoms with Gasteiger partial charge in [-0.15, -0.1) is 0 Å². The molecule has 1 aromatic rings. The molecule has 1 aromatic heterocycles. The lowest BCUT2D eigenvalue weighted by Crippen LogP contribution is -2.53. The van der Waals surface area contributed by atoms with Crippen LogP contribution in [0.1, 0.15) is 25.8 Å². The minimum absolute atomic E-state index is 0.0281. The Morgan fingerprint density at radius 2 is 2.32 bits per heavy atom. The number of carbonyl (C=O) groups excluding carboxylic acids is 1. The Kier molecular flexibility index (Phi) is 4.49. The van der Waals surface area contributed by atoms with Crippen molar-refractivity contribution >= 4 is 5.91 Å². The molecule has 2 saturated heterocycles. The Hall–Kier alpha value is -1.40. The molecule has 0 bridgehead atoms. The van der Waals surface area contributed by atoms with Crippen LogP contribution in [-0.2, 0) is 23.1 Å². The molecule has 6 heteroatoms. The van der Waals surface area contributed by atoms with E-state index in [1.807, 2.05) is 38.0 Å². The first kappa shape index (κ1) is 15.5. The van der Waals surface area contributed by atoms with Gasteiger partial charge in [0.25, 0.3) is 0 Å². The molecule has 0 saturated carbocycles. The average Bonchev–Trinajstić information content (AvgIpc) is 3.06. The Labute approximate surface area is 131 Å². The molecule has 0 unspecified atom stereocenters. The van der Waals surface area contributed by atoms with Gasteiger partial charge in [0.1, 0.15) is 0 Å². The van der Waals surface area contributed by atoms with Crippen LogP contribution in [0.25, 0.3) is 0 Å². The first-order valence-electron chi connectivity index (χ1n) is 8.15. The molecule has 2 fully saturated rings. The van der Waals surface area contributed by atoms with Gasteiger partial charge >= 0.3 is 0 Å². The van der Waals surface area contributed by atoms with Crippen molar-refractivity contribution in [3.05, 3.63) is 18.0 Å². The van der Waals surface area contributed by atoms with E-state index >= 15 is 0 Å². The maximum Gasteiger partial charge on any atom is 0.224 e. The van der Waals surface area contributed by atoms with Crippen molar-refractivity contribution in [3.63, 3.8) is 0 Å². The van der Waals surface area contributed by atoms with E-state index in [2.05, 4.69) is 15.3 Å². The number of ether oxygens (including phenoxy) is 1. The number of amides is 1. The minimum Gasteiger partial charge on any atom is -0.377 e. The van der Waals surface area contributed by atoms with Crippen LogP contribution in [0.5, 0.6) is 0 Å². The third kappa shape index (κ3) is 3.33. The van der Waals surface area contributed by atoms with Crippen LogP contribution in [-0.4, -0.2) is 52.4 Å². The monoisotopic (exact) mass is 306 g/mol. The molecule has 0 radical (unpaired) electrons. The fraction of sp³-hybridized carbons (Fsp3) is 0.750. The van der Waals surface area contributed by atoms with Crippen molar-refractivity contribution in [1.29, 1.82) is 0 Å². The van der Waals surface area contributed by atoms with E-state index in [1.54, 1.807) is 0 Å². The largest absolute Gasteiger partial charge is 0.377 e. The summed E-state index contributed by atoms with van der Waals surface area (Å²) in [5.74, 6) is 0.565. The molecule has 3 rings (SSSR count). The van der Waals surface area contributed by atoms with E-state index < -0.39 is 0 Å². The summed E-state index contributed by atoms with van der Waals surface area (Å²) in [5.41, 5.74) is 1.18. The summed E-state index contributed by atoms with van der Waals surface area (Å²) in [6.07, 6.45) is 5.12. The second-order valence-electron chi connectivity index (χ2n) is 6.85. The standard InChI is InChI=1S/C16H26N4O2/c1-11(2)18-16(21)14-9-20(8-12-6-17-19(3)7-12)10-15-13(14)4-5-22-15/h6-7,11,13-15H,4-5,8-10H2,1-3H3,(H,18,21)/t13-,14+,15+/m0/s1. The second-order valence-corrected chi connectivity index (χ2v) is 6.85. The molecule has 0 spiro atoms. The van der Waals surface area contributed by atoms with Gasteiger partial charge in [-0.2, -0.15) is 5.10 Å². The normalized spacial score (nSPS) is 28.8. The molecular weight excluding hydrogens is 280 g/mol. The molecule has 2 aliphatic rings. The van der Waals surface area contributed by atoms with Crippen LogP contribution in [0, 0.1) is 11.8 Å². The molecule has 0 aromatic carbocycles. The lowest BCUT2D eigenvalue weighted by molar-refractivity contribution is -0.131. The van der Waals surface area contributed by atoms with E-state index in [0.717, 1.165) is 32.7 Å². The zero-order chi connectivity index (χ0) is 15.7. The minimum atomic E-state index is 0.0281. The number of nitrogens with zero attached hydrogens (tertiary/aromatic N) is 3. The average molecular weight is 306 g/mol. The molecule has 1 amide bonds. The van der Waals surface area contributed by atoms with Crippen molar-refractivity contribution in [2.75, 3.05) is 19.7 Å². The summed E-state index contributed by atoms with van der Waals surface area (Å²) in [6, 6.07) is 0.182. The number of aromatic nitrogens is 2. The number of rotatable bonds is 4. The highest BCUT2D eigenvalue weighted by Crippen LogP contribution is 2.34. The number of carbonyl (C=O) groups is 1. The zero-order valence-corrected chi connectivity index (χ0v) is 13.7. The topological polar surface area (TPSA) is 59.4 Å². The summed E-state index contributed by atoms with van der Waals surface area (Å²) in [5, 5.41) is 7.30. The Balaban J connectivity index is 1.70. The molecule has 22 heavy (non-hydrogen) atoms. The maximum atomic E-state index is 12.5. The number of nitrogens with one attached hydrogen (secondary N) is 1. The predicted molar refractivity (Wildman–Crippen MR) is 83.1 cm³/mol. The zero-order valence-electron chi connectivity index (χ0n) is 13.7. The van der Waals surface area contributed by atoms with Crippen molar-refractivity contribution < 1.29 is 9.53 Å². The van der Waals surface area contributed by atoms with Gasteiger partial charge in [0, 0.05) is 57.0 Å². The molecule has 2 aliphatic heterocycles. The van der Waals surface area contributed by atoms with Crippen LogP contribution < -0.4 is 5.32 Å². The first-order chi connectivity index (χ1) is 10.5. The summed E-state index contributed by atoms with van der Waals surface area (Å²) in [7, 11) is 1.93. The number of hydrogen-bond acceptors (Lipinski definition) is 4. The Bertz CT molecular complexity index is 528. The third-order valence-corrected chi connectivity index (χ3v) is 4.60. The van der Waals surface area contributed by atoms with Crippen molar-refractivity contribution in [2.45, 2.75) is 39.0 Å². The van der Waals surface area contributed by atoms with E-state index in [9.17, 15) is 4.79 Å². The van der Waals surface area contributed by atoms with Gasteiger partial charge in [0.15, 0.2) is 0 Å². The highest BCUT2D eigenvalue weighted by molar-refractivity contribution is 5.79. The maximum absolute atomic E-state index is 12.5. The van der Waals surface area contributed by atoms with Gasteiger partial charge in [-0.3, -0.25) is 14.4 Å². The number of piperidine rings is 1. The SMILES string of the molecule is CC(C)NC(=O)[C@@H]1CN(Cc2cnn(C)c2)C[C@H]2OCC[C@H]21. The number of likely N-dealkylation sites (tertiary alicyclic amines) is 1. The summed E-state index contributed by atoms with van der Waals surface area (Å²) in [4.78, 5) is 14.9. The highest BCUT2D eigenvalue weighted by Gasteiger charge is 2.43. The lowest BCUT2D eigenvalue weighted by Gasteiger charge is -2.39. The predicted octanol–water partition coefficient (Wildman–Crippen LogP) is 0.782. The summed E-state index contributed by atoms with van der Waals surface area (Å²) >= 11 is 0. The van der Waals surface area contributed by atoms with E-state index in [1.165, 1.54) is 5.56 Å². The van der Waals surface area contributed by atoms with Crippen molar-refractivity contribution in [3.8, 4) is 0 Å². The van der Waals surface area contributed by atoms with E-state index in [0.29, 0.717) is 5.92 Å². The molecule has 6 nitrogen and oxygen atoms in total. The van der Waals surface area contributed by atoms with Gasteiger partial charge in [0.2, 0.25) is 5.91 Å². The number of fused-ring (bicyclic) bond motifs is 1. The van der Waals surface area contributed by atoms with Gasteiger partial charge < -0.3 is 10.1 Å². The Morgan fingerprint density at radius 3 is 3.00 bits per heavy atom. The fourth-order valence-corrected chi connectivity index (χ4v) is 3.67. The van der Waals surface area contributed by atoms with Gasteiger partial charge in [0.05, 0.1) is 18.2 Å². The molecule has 3 heterocycles. The first-order valence-corrected chi connectivity index (χ1v) is 8.15. The van der Waals surface area contributed by atoms with E-state index in [-0.39, 0.29) is 24.0 Å². The van der Waals surface area contributed by atoms with E-state index in [4.69, 9.17) is 4.74 Å². The quantitative estimate of drug-likeness (QED) is 0.893. The highest BCUT2D eigenvalue weighted by atomic mass is 16.5. The van der Waals surface area contributed by atoms with Gasteiger partial charge in [-0.1, -0.05) is 0 Å². The molecule has 122 valence electrons. The smallest absolute Gasteiger partial charge is 0.224 e. The molecule has 1 N–H and O–H groups in total. The summed E-state index contributed by atoms with van der Waals surface area (Å²) < 4.78 is 7.69. The van der Waals surface area contributed by atoms with Crippen LogP contribution in [0.4, 0.5) is 0 Å². The number of aryl methyl sites for hydroxylation is 1. The molecular formula is C16H26N4O2. The van der Waals surface area contributed by atoms with Gasteiger partial charge in [-0.05, 0) is 20.3 Å². The second kappa shape index (κ2) is 6.38. The van der Waals surface area contributed by atoms with Crippen molar-refractivity contribution in [1.82, 2.24) is 20.0 Å². The van der Waals surface area contributed by atoms with Crippen LogP contribution in [0.15, 0.2) is 12.4 Å². The van der Waals surface area contributed by atoms with Crippen LogP contribution in [0.2, 0.25) is 0 Å². The van der Waals surface area contributed by atoms with Crippen LogP contribution >= 0.6 is 0 Å². The van der Waals surface area contributed by atoms with Crippen molar-refractivity contribution in [2.24, 2.45) is 18.9 Å². The molecule has 3 atom stereocenters. The van der Waals surface area contributed by atoms with Crippen LogP contribution in [0.3, 0.4) is 0 Å². The van der Waals surface area contributed by atoms with Gasteiger partial charge in [-0.25, -0.2) is 0 Å². The lowest BCUT2D eigenvalue weighted by atomic mass is 9.82. The Morgan fingerprint density at radius 1 is 1.50 bits per heavy atom. The third-order valence-electron chi connectivity index (χ3n) is 4.60. The summed E-state index contributed by atoms with van der Waals surface area (Å²) in [6.45, 7) is 7.34.